The average molecular weight is 253 g/mol. The van der Waals surface area contributed by atoms with Crippen molar-refractivity contribution in [1.82, 2.24) is 15.1 Å². The van der Waals surface area contributed by atoms with Gasteiger partial charge in [-0.1, -0.05) is 18.2 Å². The van der Waals surface area contributed by atoms with Gasteiger partial charge in [-0.25, -0.2) is 4.68 Å². The monoisotopic (exact) mass is 253 g/mol. The number of nitrogens with zero attached hydrogens (tertiary/aromatic N) is 2. The highest BCUT2D eigenvalue weighted by Crippen LogP contribution is 2.53. The molecule has 0 atom stereocenters. The molecule has 2 heterocycles. The molecule has 1 spiro atoms. The zero-order chi connectivity index (χ0) is 12.9. The fraction of sp³-hybridized carbons (Fsp3) is 0.438. The minimum absolute atomic E-state index is 0.617. The van der Waals surface area contributed by atoms with Crippen molar-refractivity contribution < 1.29 is 0 Å². The van der Waals surface area contributed by atoms with E-state index in [2.05, 4.69) is 52.4 Å². The number of hydrogen-bond donors (Lipinski definition) is 1. The van der Waals surface area contributed by atoms with Crippen LogP contribution in [0.25, 0.3) is 5.69 Å². The number of benzene rings is 1. The largest absolute Gasteiger partial charge is 0.316 e. The zero-order valence-corrected chi connectivity index (χ0v) is 11.3. The van der Waals surface area contributed by atoms with E-state index in [9.17, 15) is 0 Å². The Labute approximate surface area is 113 Å². The number of aromatic nitrogens is 2. The number of nitrogens with one attached hydrogen (secondary N) is 1. The molecule has 1 aromatic heterocycles. The standard InChI is InChI=1S/C16H19N3/c1-12-4-2-3-5-14(12)19-15(6-7-18-19)13-8-16(9-13)10-17-11-16/h2-7,13,17H,8-11H2,1H3. The molecule has 2 aliphatic rings. The Morgan fingerprint density at radius 1 is 1.21 bits per heavy atom. The molecule has 1 saturated heterocycles. The van der Waals surface area contributed by atoms with Crippen LogP contribution in [0.2, 0.25) is 0 Å². The maximum absolute atomic E-state index is 4.54. The second kappa shape index (κ2) is 3.94. The van der Waals surface area contributed by atoms with E-state index < -0.39 is 0 Å². The molecule has 3 nitrogen and oxygen atoms in total. The lowest BCUT2D eigenvalue weighted by Crippen LogP contribution is -2.59. The Morgan fingerprint density at radius 3 is 2.68 bits per heavy atom. The summed E-state index contributed by atoms with van der Waals surface area (Å²) >= 11 is 0. The fourth-order valence-corrected chi connectivity index (χ4v) is 3.59. The summed E-state index contributed by atoms with van der Waals surface area (Å²) in [6.45, 7) is 4.57. The Balaban J connectivity index is 1.65. The van der Waals surface area contributed by atoms with Crippen LogP contribution >= 0.6 is 0 Å². The van der Waals surface area contributed by atoms with E-state index in [-0.39, 0.29) is 0 Å². The maximum atomic E-state index is 4.54. The molecule has 1 saturated carbocycles. The van der Waals surface area contributed by atoms with Crippen LogP contribution in [0.15, 0.2) is 36.5 Å². The lowest BCUT2D eigenvalue weighted by atomic mass is 9.58. The Hall–Kier alpha value is -1.61. The second-order valence-corrected chi connectivity index (χ2v) is 6.16. The van der Waals surface area contributed by atoms with Crippen molar-refractivity contribution in [2.45, 2.75) is 25.7 Å². The molecule has 1 aromatic carbocycles. The number of aryl methyl sites for hydroxylation is 1. The smallest absolute Gasteiger partial charge is 0.0678 e. The summed E-state index contributed by atoms with van der Waals surface area (Å²) in [5.41, 5.74) is 4.50. The van der Waals surface area contributed by atoms with Gasteiger partial charge in [0, 0.05) is 30.9 Å². The number of para-hydroxylation sites is 1. The third-order valence-corrected chi connectivity index (χ3v) is 4.79. The van der Waals surface area contributed by atoms with E-state index in [4.69, 9.17) is 0 Å². The van der Waals surface area contributed by atoms with Crippen LogP contribution < -0.4 is 5.32 Å². The van der Waals surface area contributed by atoms with Crippen LogP contribution in [-0.4, -0.2) is 22.9 Å². The Bertz CT molecular complexity index is 602. The average Bonchev–Trinajstić information content (AvgIpc) is 2.75. The first-order valence-corrected chi connectivity index (χ1v) is 7.08. The number of rotatable bonds is 2. The Morgan fingerprint density at radius 2 is 2.00 bits per heavy atom. The summed E-state index contributed by atoms with van der Waals surface area (Å²) in [4.78, 5) is 0. The van der Waals surface area contributed by atoms with Crippen molar-refractivity contribution in [3.63, 3.8) is 0 Å². The third kappa shape index (κ3) is 1.65. The quantitative estimate of drug-likeness (QED) is 0.891. The second-order valence-electron chi connectivity index (χ2n) is 6.16. The van der Waals surface area contributed by atoms with Crippen molar-refractivity contribution in [2.24, 2.45) is 5.41 Å². The molecule has 2 fully saturated rings. The van der Waals surface area contributed by atoms with Gasteiger partial charge in [-0.05, 0) is 42.9 Å². The molecular formula is C16H19N3. The van der Waals surface area contributed by atoms with Gasteiger partial charge in [0.05, 0.1) is 5.69 Å². The summed E-state index contributed by atoms with van der Waals surface area (Å²) < 4.78 is 2.14. The van der Waals surface area contributed by atoms with E-state index in [0.29, 0.717) is 11.3 Å². The molecule has 0 amide bonds. The van der Waals surface area contributed by atoms with Crippen LogP contribution in [0, 0.1) is 12.3 Å². The van der Waals surface area contributed by atoms with Crippen molar-refractivity contribution in [1.29, 1.82) is 0 Å². The van der Waals surface area contributed by atoms with Gasteiger partial charge in [0.2, 0.25) is 0 Å². The fourth-order valence-electron chi connectivity index (χ4n) is 3.59. The topological polar surface area (TPSA) is 29.9 Å². The molecule has 1 N–H and O–H groups in total. The molecule has 1 aliphatic carbocycles. The van der Waals surface area contributed by atoms with Gasteiger partial charge in [0.25, 0.3) is 0 Å². The van der Waals surface area contributed by atoms with Crippen LogP contribution in [0.5, 0.6) is 0 Å². The summed E-state index contributed by atoms with van der Waals surface area (Å²) in [5, 5.41) is 7.95. The summed E-state index contributed by atoms with van der Waals surface area (Å²) in [6, 6.07) is 10.7. The van der Waals surface area contributed by atoms with Gasteiger partial charge in [-0.2, -0.15) is 5.10 Å². The molecule has 1 aliphatic heterocycles. The Kier molecular flexibility index (Phi) is 2.33. The van der Waals surface area contributed by atoms with Crippen molar-refractivity contribution >= 4 is 0 Å². The minimum Gasteiger partial charge on any atom is -0.316 e. The SMILES string of the molecule is Cc1ccccc1-n1nccc1C1CC2(CNC2)C1. The van der Waals surface area contributed by atoms with E-state index in [1.54, 1.807) is 0 Å². The van der Waals surface area contributed by atoms with Gasteiger partial charge < -0.3 is 5.32 Å². The van der Waals surface area contributed by atoms with Gasteiger partial charge in [0.15, 0.2) is 0 Å². The van der Waals surface area contributed by atoms with Crippen molar-refractivity contribution in [3.8, 4) is 5.69 Å². The lowest BCUT2D eigenvalue weighted by Gasteiger charge is -2.54. The molecular weight excluding hydrogens is 234 g/mol. The van der Waals surface area contributed by atoms with E-state index in [1.165, 1.54) is 42.9 Å². The van der Waals surface area contributed by atoms with E-state index in [1.807, 2.05) is 6.20 Å². The summed E-state index contributed by atoms with van der Waals surface area (Å²) in [6.07, 6.45) is 4.57. The van der Waals surface area contributed by atoms with Crippen LogP contribution in [0.1, 0.15) is 30.0 Å². The molecule has 3 heteroatoms. The first kappa shape index (κ1) is 11.2. The minimum atomic E-state index is 0.617. The number of hydrogen-bond acceptors (Lipinski definition) is 2. The molecule has 98 valence electrons. The van der Waals surface area contributed by atoms with E-state index in [0.717, 1.165) is 0 Å². The van der Waals surface area contributed by atoms with Crippen LogP contribution in [0.4, 0.5) is 0 Å². The molecule has 4 rings (SSSR count). The maximum Gasteiger partial charge on any atom is 0.0678 e. The van der Waals surface area contributed by atoms with Crippen molar-refractivity contribution in [2.75, 3.05) is 13.1 Å². The molecule has 0 unspecified atom stereocenters. The highest BCUT2D eigenvalue weighted by Gasteiger charge is 2.49. The lowest BCUT2D eigenvalue weighted by molar-refractivity contribution is 0.0339. The van der Waals surface area contributed by atoms with E-state index >= 15 is 0 Å². The molecule has 2 aromatic rings. The predicted molar refractivity (Wildman–Crippen MR) is 75.6 cm³/mol. The molecule has 0 bridgehead atoms. The highest BCUT2D eigenvalue weighted by molar-refractivity contribution is 5.41. The summed E-state index contributed by atoms with van der Waals surface area (Å²) in [5.74, 6) is 0.684. The molecule has 19 heavy (non-hydrogen) atoms. The highest BCUT2D eigenvalue weighted by atomic mass is 15.3. The van der Waals surface area contributed by atoms with Gasteiger partial charge in [-0.3, -0.25) is 0 Å². The van der Waals surface area contributed by atoms with Gasteiger partial charge in [0.1, 0.15) is 0 Å². The van der Waals surface area contributed by atoms with Crippen LogP contribution in [-0.2, 0) is 0 Å². The molecule has 0 radical (unpaired) electrons. The predicted octanol–water partition coefficient (Wildman–Crippen LogP) is 2.65. The van der Waals surface area contributed by atoms with Gasteiger partial charge >= 0.3 is 0 Å². The first-order valence-electron chi connectivity index (χ1n) is 7.08. The third-order valence-electron chi connectivity index (χ3n) is 4.79. The van der Waals surface area contributed by atoms with Gasteiger partial charge in [-0.15, -0.1) is 0 Å². The van der Waals surface area contributed by atoms with Crippen molar-refractivity contribution in [3.05, 3.63) is 47.8 Å². The normalized spacial score (nSPS) is 21.1. The first-order chi connectivity index (χ1) is 9.27. The van der Waals surface area contributed by atoms with Crippen LogP contribution in [0.3, 0.4) is 0 Å². The summed E-state index contributed by atoms with van der Waals surface area (Å²) in [7, 11) is 0. The zero-order valence-electron chi connectivity index (χ0n) is 11.3.